The Balaban J connectivity index is 1.67. The number of anilines is 1. The number of hydrogen-bond acceptors (Lipinski definition) is 6. The highest BCUT2D eigenvalue weighted by Gasteiger charge is 2.73. The fourth-order valence-electron chi connectivity index (χ4n) is 7.04. The smallest absolute Gasteiger partial charge is 0.329 e. The molecule has 2 saturated heterocycles. The lowest BCUT2D eigenvalue weighted by molar-refractivity contribution is -0.135. The van der Waals surface area contributed by atoms with Crippen molar-refractivity contribution in [1.82, 2.24) is 9.80 Å². The Bertz CT molecular complexity index is 1390. The highest BCUT2D eigenvalue weighted by Crippen LogP contribution is 2.52. The molecule has 2 aliphatic heterocycles. The molecule has 1 spiro atoms. The van der Waals surface area contributed by atoms with E-state index < -0.39 is 46.7 Å². The molecule has 2 aliphatic carbocycles. The molecule has 1 unspecified atom stereocenters. The number of imide groups is 1. The molecule has 9 nitrogen and oxygen atoms in total. The SMILES string of the molecule is O=C1C(=O)N(c2ccccc2O)C2(C(=O)N(C3CCCCC3)C(=O)N2C2CCCCC2)C1=C(O)c1ccccc1. The Labute approximate surface area is 232 Å². The van der Waals surface area contributed by atoms with Crippen molar-refractivity contribution in [2.24, 2.45) is 0 Å². The molecule has 4 amide bonds. The average Bonchev–Trinajstić information content (AvgIpc) is 3.35. The van der Waals surface area contributed by atoms with E-state index in [-0.39, 0.29) is 23.0 Å². The van der Waals surface area contributed by atoms with Crippen LogP contribution in [0.1, 0.15) is 69.8 Å². The number of benzene rings is 2. The van der Waals surface area contributed by atoms with Crippen LogP contribution in [-0.2, 0) is 14.4 Å². The van der Waals surface area contributed by atoms with Crippen LogP contribution in [0.3, 0.4) is 0 Å². The average molecular weight is 544 g/mol. The van der Waals surface area contributed by atoms with E-state index in [1.54, 1.807) is 42.5 Å². The van der Waals surface area contributed by atoms with Crippen LogP contribution in [0.15, 0.2) is 60.2 Å². The summed E-state index contributed by atoms with van der Waals surface area (Å²) in [5.41, 5.74) is -2.51. The summed E-state index contributed by atoms with van der Waals surface area (Å²) in [6, 6.07) is 12.9. The fourth-order valence-corrected chi connectivity index (χ4v) is 7.04. The van der Waals surface area contributed by atoms with Crippen molar-refractivity contribution in [2.45, 2.75) is 82.0 Å². The predicted octanol–water partition coefficient (Wildman–Crippen LogP) is 4.90. The van der Waals surface area contributed by atoms with Crippen LogP contribution >= 0.6 is 0 Å². The normalized spacial score (nSPS) is 25.9. The van der Waals surface area contributed by atoms with Gasteiger partial charge in [0.05, 0.1) is 5.69 Å². The summed E-state index contributed by atoms with van der Waals surface area (Å²) >= 11 is 0. The third-order valence-electron chi connectivity index (χ3n) is 8.86. The number of aliphatic hydroxyl groups is 1. The van der Waals surface area contributed by atoms with Gasteiger partial charge in [-0.25, -0.2) is 4.79 Å². The number of para-hydroxylation sites is 2. The Kier molecular flexibility index (Phi) is 6.60. The Morgan fingerprint density at radius 2 is 1.32 bits per heavy atom. The third kappa shape index (κ3) is 3.74. The minimum atomic E-state index is -2.26. The number of urea groups is 1. The van der Waals surface area contributed by atoms with Crippen molar-refractivity contribution >= 4 is 35.1 Å². The zero-order valence-electron chi connectivity index (χ0n) is 22.3. The van der Waals surface area contributed by atoms with Gasteiger partial charge in [0.1, 0.15) is 17.1 Å². The van der Waals surface area contributed by atoms with Gasteiger partial charge < -0.3 is 10.2 Å². The fraction of sp³-hybridized carbons (Fsp3) is 0.419. The lowest BCUT2D eigenvalue weighted by Crippen LogP contribution is -2.64. The standard InChI is InChI=1S/C31H33N3O6/c35-24-19-11-10-18-23(24)34-28(38)27(37)25(26(36)20-12-4-1-5-13-20)31(34)29(39)32(21-14-6-2-7-15-21)30(40)33(31)22-16-8-3-9-17-22/h1,4-5,10-13,18-19,21-22,35-36H,2-3,6-9,14-17H2. The lowest BCUT2D eigenvalue weighted by atomic mass is 9.87. The van der Waals surface area contributed by atoms with Gasteiger partial charge in [0.15, 0.2) is 0 Å². The molecular weight excluding hydrogens is 510 g/mol. The molecule has 208 valence electrons. The van der Waals surface area contributed by atoms with Gasteiger partial charge in [0.25, 0.3) is 11.7 Å². The number of aliphatic hydroxyl groups excluding tert-OH is 1. The van der Waals surface area contributed by atoms with Crippen LogP contribution in [0.4, 0.5) is 10.5 Å². The summed E-state index contributed by atoms with van der Waals surface area (Å²) in [5, 5.41) is 22.6. The van der Waals surface area contributed by atoms with Gasteiger partial charge in [-0.05, 0) is 37.8 Å². The van der Waals surface area contributed by atoms with Gasteiger partial charge in [0.2, 0.25) is 5.66 Å². The zero-order valence-corrected chi connectivity index (χ0v) is 22.3. The second-order valence-electron chi connectivity index (χ2n) is 11.1. The van der Waals surface area contributed by atoms with E-state index in [4.69, 9.17) is 0 Å². The van der Waals surface area contributed by atoms with Gasteiger partial charge in [0, 0.05) is 17.6 Å². The van der Waals surface area contributed by atoms with Gasteiger partial charge >= 0.3 is 11.9 Å². The predicted molar refractivity (Wildman–Crippen MR) is 147 cm³/mol. The van der Waals surface area contributed by atoms with Gasteiger partial charge in [-0.15, -0.1) is 0 Å². The number of phenols is 1. The zero-order chi connectivity index (χ0) is 28.0. The molecule has 2 aromatic rings. The monoisotopic (exact) mass is 543 g/mol. The first-order chi connectivity index (χ1) is 19.4. The molecule has 2 N–H and O–H groups in total. The Hall–Kier alpha value is -4.14. The van der Waals surface area contributed by atoms with Crippen molar-refractivity contribution in [1.29, 1.82) is 0 Å². The van der Waals surface area contributed by atoms with E-state index in [0.29, 0.717) is 25.7 Å². The quantitative estimate of drug-likeness (QED) is 0.245. The summed E-state index contributed by atoms with van der Waals surface area (Å²) in [5.74, 6) is -3.72. The minimum Gasteiger partial charge on any atom is -0.507 e. The van der Waals surface area contributed by atoms with Crippen LogP contribution < -0.4 is 4.90 Å². The highest BCUT2D eigenvalue weighted by molar-refractivity contribution is 6.55. The minimum absolute atomic E-state index is 0.0656. The summed E-state index contributed by atoms with van der Waals surface area (Å²) in [6.07, 6.45) is 7.80. The molecule has 0 bridgehead atoms. The molecule has 4 fully saturated rings. The topological polar surface area (TPSA) is 118 Å². The lowest BCUT2D eigenvalue weighted by Gasteiger charge is -2.44. The molecule has 2 heterocycles. The molecule has 2 saturated carbocycles. The van der Waals surface area contributed by atoms with Crippen molar-refractivity contribution < 1.29 is 29.4 Å². The third-order valence-corrected chi connectivity index (χ3v) is 8.86. The van der Waals surface area contributed by atoms with E-state index in [1.807, 2.05) is 0 Å². The Morgan fingerprint density at radius 1 is 0.750 bits per heavy atom. The maximum absolute atomic E-state index is 14.9. The van der Waals surface area contributed by atoms with Gasteiger partial charge in [-0.1, -0.05) is 81.0 Å². The number of nitrogens with zero attached hydrogens (tertiary/aromatic N) is 3. The molecule has 40 heavy (non-hydrogen) atoms. The summed E-state index contributed by atoms with van der Waals surface area (Å²) in [7, 11) is 0. The Morgan fingerprint density at radius 3 is 1.95 bits per heavy atom. The number of amides is 4. The summed E-state index contributed by atoms with van der Waals surface area (Å²) in [6.45, 7) is 0. The number of ketones is 1. The molecular formula is C31H33N3O6. The largest absolute Gasteiger partial charge is 0.507 e. The first kappa shape index (κ1) is 26.1. The first-order valence-corrected chi connectivity index (χ1v) is 14.2. The van der Waals surface area contributed by atoms with Crippen molar-refractivity contribution in [3.8, 4) is 5.75 Å². The van der Waals surface area contributed by atoms with Gasteiger partial charge in [-0.2, -0.15) is 0 Å². The second-order valence-corrected chi connectivity index (χ2v) is 11.1. The number of phenolic OH excluding ortho intramolecular Hbond substituents is 1. The molecule has 0 radical (unpaired) electrons. The van der Waals surface area contributed by atoms with Crippen LogP contribution in [-0.4, -0.2) is 61.4 Å². The number of carbonyl (C=O) groups is 4. The molecule has 4 aliphatic rings. The molecule has 2 aromatic carbocycles. The van der Waals surface area contributed by atoms with Crippen LogP contribution in [0, 0.1) is 0 Å². The van der Waals surface area contributed by atoms with E-state index in [9.17, 15) is 29.4 Å². The van der Waals surface area contributed by atoms with Crippen LogP contribution in [0.25, 0.3) is 5.76 Å². The van der Waals surface area contributed by atoms with Crippen molar-refractivity contribution in [3.05, 3.63) is 65.7 Å². The molecule has 6 rings (SSSR count). The number of rotatable bonds is 4. The van der Waals surface area contributed by atoms with E-state index in [2.05, 4.69) is 0 Å². The maximum Gasteiger partial charge on any atom is 0.329 e. The van der Waals surface area contributed by atoms with E-state index >= 15 is 0 Å². The first-order valence-electron chi connectivity index (χ1n) is 14.2. The number of carbonyl (C=O) groups excluding carboxylic acids is 4. The van der Waals surface area contributed by atoms with Gasteiger partial charge in [-0.3, -0.25) is 29.1 Å². The number of Topliss-reactive ketones (excluding diaryl/α,β-unsaturated/α-hetero) is 1. The second kappa shape index (κ2) is 10.1. The van der Waals surface area contributed by atoms with Crippen LogP contribution in [0.2, 0.25) is 0 Å². The van der Waals surface area contributed by atoms with E-state index in [0.717, 1.165) is 43.4 Å². The van der Waals surface area contributed by atoms with E-state index in [1.165, 1.54) is 21.9 Å². The number of hydrogen-bond donors (Lipinski definition) is 2. The molecule has 1 atom stereocenters. The molecule has 0 aromatic heterocycles. The van der Waals surface area contributed by atoms with Crippen molar-refractivity contribution in [3.63, 3.8) is 0 Å². The molecule has 9 heteroatoms. The van der Waals surface area contributed by atoms with Crippen LogP contribution in [0.5, 0.6) is 5.75 Å². The van der Waals surface area contributed by atoms with Crippen molar-refractivity contribution in [2.75, 3.05) is 4.90 Å². The highest BCUT2D eigenvalue weighted by atomic mass is 16.3. The number of aromatic hydroxyl groups is 1. The summed E-state index contributed by atoms with van der Waals surface area (Å²) < 4.78 is 0. The summed E-state index contributed by atoms with van der Waals surface area (Å²) in [4.78, 5) is 60.9. The maximum atomic E-state index is 14.9.